The van der Waals surface area contributed by atoms with Crippen LogP contribution in [0.15, 0.2) is 66.7 Å². The Hall–Kier alpha value is -2.84. The minimum absolute atomic E-state index is 0.0114. The van der Waals surface area contributed by atoms with Gasteiger partial charge in [0.15, 0.2) is 5.11 Å². The average molecular weight is 548 g/mol. The van der Waals surface area contributed by atoms with Crippen molar-refractivity contribution >= 4 is 75.3 Å². The highest BCUT2D eigenvalue weighted by Gasteiger charge is 2.22. The van der Waals surface area contributed by atoms with Gasteiger partial charge >= 0.3 is 0 Å². The molecule has 0 bridgehead atoms. The first-order valence-electron chi connectivity index (χ1n) is 10.8. The van der Waals surface area contributed by atoms with Crippen molar-refractivity contribution in [2.45, 2.75) is 0 Å². The third-order valence-electron chi connectivity index (χ3n) is 5.56. The van der Waals surface area contributed by atoms with Gasteiger partial charge in [0.1, 0.15) is 0 Å². The van der Waals surface area contributed by atoms with Crippen LogP contribution in [0.3, 0.4) is 0 Å². The maximum Gasteiger partial charge on any atom is 0.257 e. The van der Waals surface area contributed by atoms with Crippen LogP contribution in [0.2, 0.25) is 15.1 Å². The van der Waals surface area contributed by atoms with Crippen LogP contribution in [0.1, 0.15) is 20.7 Å². The fourth-order valence-electron chi connectivity index (χ4n) is 3.67. The van der Waals surface area contributed by atoms with E-state index >= 15 is 0 Å². The first-order valence-corrected chi connectivity index (χ1v) is 12.3. The smallest absolute Gasteiger partial charge is 0.257 e. The van der Waals surface area contributed by atoms with Crippen molar-refractivity contribution in [2.24, 2.45) is 0 Å². The van der Waals surface area contributed by atoms with Crippen LogP contribution in [-0.4, -0.2) is 48.0 Å². The number of nitrogens with one attached hydrogen (secondary N) is 2. The molecule has 3 aromatic carbocycles. The van der Waals surface area contributed by atoms with Crippen LogP contribution in [-0.2, 0) is 0 Å². The second-order valence-electron chi connectivity index (χ2n) is 7.87. The van der Waals surface area contributed by atoms with E-state index in [9.17, 15) is 9.59 Å². The van der Waals surface area contributed by atoms with Crippen molar-refractivity contribution in [1.29, 1.82) is 0 Å². The monoisotopic (exact) mass is 546 g/mol. The van der Waals surface area contributed by atoms with Gasteiger partial charge in [-0.1, -0.05) is 34.8 Å². The molecule has 1 aliphatic rings. The van der Waals surface area contributed by atoms with Crippen molar-refractivity contribution in [2.75, 3.05) is 36.4 Å². The topological polar surface area (TPSA) is 64.7 Å². The number of hydrogen-bond donors (Lipinski definition) is 2. The lowest BCUT2D eigenvalue weighted by Crippen LogP contribution is -2.48. The molecule has 0 aliphatic carbocycles. The highest BCUT2D eigenvalue weighted by molar-refractivity contribution is 7.80. The SMILES string of the molecule is O=C(NC(=S)Nc1ccc(N2CCN(C(=O)c3ccc(Cl)cc3)CC2)cc1)c1ccc(Cl)c(Cl)c1. The molecule has 6 nitrogen and oxygen atoms in total. The van der Waals surface area contributed by atoms with E-state index in [4.69, 9.17) is 47.0 Å². The number of benzene rings is 3. The second-order valence-corrected chi connectivity index (χ2v) is 9.53. The molecule has 2 amide bonds. The molecular weight excluding hydrogens is 527 g/mol. The number of rotatable bonds is 4. The third-order valence-corrected chi connectivity index (χ3v) is 6.75. The summed E-state index contributed by atoms with van der Waals surface area (Å²) in [5, 5.41) is 7.08. The van der Waals surface area contributed by atoms with Crippen LogP contribution >= 0.6 is 47.0 Å². The lowest BCUT2D eigenvalue weighted by atomic mass is 10.1. The highest BCUT2D eigenvalue weighted by Crippen LogP contribution is 2.23. The summed E-state index contributed by atoms with van der Waals surface area (Å²) in [6.07, 6.45) is 0. The molecule has 0 saturated carbocycles. The zero-order chi connectivity index (χ0) is 24.9. The molecular formula is C25H21Cl3N4O2S. The van der Waals surface area contributed by atoms with Crippen LogP contribution in [0.4, 0.5) is 11.4 Å². The predicted octanol–water partition coefficient (Wildman–Crippen LogP) is 5.74. The predicted molar refractivity (Wildman–Crippen MR) is 146 cm³/mol. The number of anilines is 2. The zero-order valence-electron chi connectivity index (χ0n) is 18.4. The van der Waals surface area contributed by atoms with E-state index in [0.29, 0.717) is 39.3 Å². The molecule has 0 unspecified atom stereocenters. The Bertz CT molecular complexity index is 1240. The number of hydrogen-bond acceptors (Lipinski definition) is 4. The van der Waals surface area contributed by atoms with E-state index < -0.39 is 0 Å². The van der Waals surface area contributed by atoms with Crippen molar-refractivity contribution in [3.63, 3.8) is 0 Å². The van der Waals surface area contributed by atoms with Crippen molar-refractivity contribution < 1.29 is 9.59 Å². The third kappa shape index (κ3) is 6.44. The molecule has 0 atom stereocenters. The van der Waals surface area contributed by atoms with Gasteiger partial charge in [0, 0.05) is 53.7 Å². The molecule has 1 fully saturated rings. The van der Waals surface area contributed by atoms with Crippen LogP contribution in [0, 0.1) is 0 Å². The summed E-state index contributed by atoms with van der Waals surface area (Å²) in [6.45, 7) is 2.72. The minimum atomic E-state index is -0.385. The fourth-order valence-corrected chi connectivity index (χ4v) is 4.31. The molecule has 4 rings (SSSR count). The van der Waals surface area contributed by atoms with Gasteiger partial charge in [0.25, 0.3) is 11.8 Å². The van der Waals surface area contributed by atoms with Crippen LogP contribution in [0.5, 0.6) is 0 Å². The molecule has 0 spiro atoms. The molecule has 35 heavy (non-hydrogen) atoms. The number of halogens is 3. The molecule has 1 aliphatic heterocycles. The quantitative estimate of drug-likeness (QED) is 0.408. The normalized spacial score (nSPS) is 13.3. The van der Waals surface area contributed by atoms with Gasteiger partial charge in [0.05, 0.1) is 10.0 Å². The van der Waals surface area contributed by atoms with Gasteiger partial charge in [0.2, 0.25) is 0 Å². The molecule has 1 saturated heterocycles. The van der Waals surface area contributed by atoms with Crippen molar-refractivity contribution in [3.8, 4) is 0 Å². The maximum atomic E-state index is 12.7. The maximum absolute atomic E-state index is 12.7. The summed E-state index contributed by atoms with van der Waals surface area (Å²) >= 11 is 23.0. The van der Waals surface area contributed by atoms with E-state index in [0.717, 1.165) is 24.5 Å². The fraction of sp³-hybridized carbons (Fsp3) is 0.160. The first-order chi connectivity index (χ1) is 16.8. The Morgan fingerprint density at radius 3 is 2.03 bits per heavy atom. The molecule has 3 aromatic rings. The number of carbonyl (C=O) groups is 2. The Balaban J connectivity index is 1.28. The van der Waals surface area contributed by atoms with Crippen LogP contribution in [0.25, 0.3) is 0 Å². The Morgan fingerprint density at radius 1 is 0.771 bits per heavy atom. The number of thiocarbonyl (C=S) groups is 1. The van der Waals surface area contributed by atoms with Crippen LogP contribution < -0.4 is 15.5 Å². The van der Waals surface area contributed by atoms with Gasteiger partial charge in [-0.2, -0.15) is 0 Å². The number of nitrogens with zero attached hydrogens (tertiary/aromatic N) is 2. The molecule has 180 valence electrons. The van der Waals surface area contributed by atoms with Gasteiger partial charge in [-0.3, -0.25) is 14.9 Å². The van der Waals surface area contributed by atoms with E-state index in [2.05, 4.69) is 15.5 Å². The van der Waals surface area contributed by atoms with Gasteiger partial charge < -0.3 is 15.1 Å². The van der Waals surface area contributed by atoms with Gasteiger partial charge in [-0.05, 0) is 78.9 Å². The molecule has 10 heteroatoms. The van der Waals surface area contributed by atoms with E-state index in [1.165, 1.54) is 6.07 Å². The zero-order valence-corrected chi connectivity index (χ0v) is 21.5. The van der Waals surface area contributed by atoms with Crippen molar-refractivity contribution in [3.05, 3.63) is 92.9 Å². The second kappa shape index (κ2) is 11.3. The number of amides is 2. The molecule has 0 radical (unpaired) electrons. The summed E-state index contributed by atoms with van der Waals surface area (Å²) in [4.78, 5) is 29.1. The van der Waals surface area contributed by atoms with Gasteiger partial charge in [-0.15, -0.1) is 0 Å². The first kappa shape index (κ1) is 25.3. The molecule has 0 aromatic heterocycles. The molecule has 2 N–H and O–H groups in total. The summed E-state index contributed by atoms with van der Waals surface area (Å²) in [5.74, 6) is -0.374. The lowest BCUT2D eigenvalue weighted by Gasteiger charge is -2.36. The minimum Gasteiger partial charge on any atom is -0.368 e. The standard InChI is InChI=1S/C25H21Cl3N4O2S/c26-18-4-1-16(2-5-18)24(34)32-13-11-31(12-14-32)20-8-6-19(7-9-20)29-25(35)30-23(33)17-3-10-21(27)22(28)15-17/h1-10,15H,11-14H2,(H2,29,30,33,35). The summed E-state index contributed by atoms with van der Waals surface area (Å²) in [7, 11) is 0. The van der Waals surface area contributed by atoms with E-state index in [1.54, 1.807) is 36.4 Å². The van der Waals surface area contributed by atoms with Gasteiger partial charge in [-0.25, -0.2) is 0 Å². The average Bonchev–Trinajstić information content (AvgIpc) is 2.86. The van der Waals surface area contributed by atoms with Crippen molar-refractivity contribution in [1.82, 2.24) is 10.2 Å². The van der Waals surface area contributed by atoms with E-state index in [1.807, 2.05) is 29.2 Å². The Morgan fingerprint density at radius 2 is 1.40 bits per heavy atom. The summed E-state index contributed by atoms with van der Waals surface area (Å²) in [5.41, 5.74) is 2.78. The Labute approximate surface area is 223 Å². The van der Waals surface area contributed by atoms with E-state index in [-0.39, 0.29) is 16.9 Å². The summed E-state index contributed by atoms with van der Waals surface area (Å²) < 4.78 is 0. The number of carbonyl (C=O) groups excluding carboxylic acids is 2. The Kier molecular flexibility index (Phi) is 8.13. The highest BCUT2D eigenvalue weighted by atomic mass is 35.5. The summed E-state index contributed by atoms with van der Waals surface area (Å²) in [6, 6.07) is 19.3. The number of piperazine rings is 1. The lowest BCUT2D eigenvalue weighted by molar-refractivity contribution is 0.0746. The largest absolute Gasteiger partial charge is 0.368 e. The molecule has 1 heterocycles.